The van der Waals surface area contributed by atoms with Crippen molar-refractivity contribution in [3.05, 3.63) is 32.9 Å². The molecular weight excluding hydrogens is 342 g/mol. The van der Waals surface area contributed by atoms with Crippen LogP contribution in [0.15, 0.2) is 15.8 Å². The number of aliphatic hydroxyl groups is 2. The minimum absolute atomic E-state index is 0.469. The molecule has 0 unspecified atom stereocenters. The van der Waals surface area contributed by atoms with E-state index in [-0.39, 0.29) is 0 Å². The van der Waals surface area contributed by atoms with Crippen molar-refractivity contribution in [1.82, 2.24) is 9.55 Å². The van der Waals surface area contributed by atoms with Crippen LogP contribution in [0.5, 0.6) is 0 Å². The lowest BCUT2D eigenvalue weighted by Crippen LogP contribution is -2.46. The van der Waals surface area contributed by atoms with E-state index in [1.54, 1.807) is 4.98 Å². The lowest BCUT2D eigenvalue weighted by atomic mass is 10.0. The van der Waals surface area contributed by atoms with Gasteiger partial charge in [0, 0.05) is 0 Å². The lowest BCUT2D eigenvalue weighted by Gasteiger charge is -2.26. The van der Waals surface area contributed by atoms with Gasteiger partial charge in [0.1, 0.15) is 11.7 Å². The first kappa shape index (κ1) is 17.9. The van der Waals surface area contributed by atoms with Crippen molar-refractivity contribution in [3.63, 3.8) is 0 Å². The van der Waals surface area contributed by atoms with Gasteiger partial charge in [-0.25, -0.2) is 4.79 Å². The van der Waals surface area contributed by atoms with Crippen molar-refractivity contribution < 1.29 is 38.4 Å². The predicted octanol–water partition coefficient (Wildman–Crippen LogP) is -2.21. The molecular formula is C10H14FN2O9P. The van der Waals surface area contributed by atoms with Gasteiger partial charge in [0.2, 0.25) is 5.82 Å². The molecule has 0 amide bonds. The Morgan fingerprint density at radius 1 is 1.52 bits per heavy atom. The summed E-state index contributed by atoms with van der Waals surface area (Å²) >= 11 is 0. The number of hydrogen-bond donors (Lipinski definition) is 5. The Balaban J connectivity index is 2.32. The van der Waals surface area contributed by atoms with E-state index in [2.05, 4.69) is 0 Å². The Labute approximate surface area is 127 Å². The molecule has 0 bridgehead atoms. The van der Waals surface area contributed by atoms with Crippen molar-refractivity contribution in [3.8, 4) is 0 Å². The summed E-state index contributed by atoms with van der Waals surface area (Å²) in [5.74, 6) is -1.33. The molecule has 1 saturated heterocycles. The summed E-state index contributed by atoms with van der Waals surface area (Å²) in [5.41, 5.74) is -4.56. The van der Waals surface area contributed by atoms with Gasteiger partial charge in [-0.15, -0.1) is 0 Å². The van der Waals surface area contributed by atoms with Gasteiger partial charge in [0.05, 0.1) is 6.20 Å². The summed E-state index contributed by atoms with van der Waals surface area (Å²) in [6, 6.07) is 0. The number of aliphatic hydroxyl groups excluding tert-OH is 1. The highest BCUT2D eigenvalue weighted by molar-refractivity contribution is 7.51. The largest absolute Gasteiger partial charge is 0.385 e. The SMILES string of the molecule is C[C@@]1(O)[C@@H](OCP(=O)(O)O)O[C@@H](n2cc(F)c(=O)[nH]c2=O)[C@@H]1O. The number of ether oxygens (including phenoxy) is 2. The highest BCUT2D eigenvalue weighted by atomic mass is 31.2. The van der Waals surface area contributed by atoms with E-state index in [0.717, 1.165) is 6.92 Å². The smallest absolute Gasteiger partial charge is 0.351 e. The van der Waals surface area contributed by atoms with E-state index < -0.39 is 55.2 Å². The van der Waals surface area contributed by atoms with Gasteiger partial charge in [0.15, 0.2) is 18.9 Å². The van der Waals surface area contributed by atoms with Gasteiger partial charge in [0.25, 0.3) is 5.56 Å². The first-order valence-corrected chi connectivity index (χ1v) is 7.96. The van der Waals surface area contributed by atoms with Crippen LogP contribution in [0.25, 0.3) is 0 Å². The lowest BCUT2D eigenvalue weighted by molar-refractivity contribution is -0.197. The minimum atomic E-state index is -4.58. The molecule has 1 fully saturated rings. The second-order valence-corrected chi connectivity index (χ2v) is 6.72. The summed E-state index contributed by atoms with van der Waals surface area (Å²) in [6.45, 7) is 1.04. The van der Waals surface area contributed by atoms with Crippen LogP contribution in [0, 0.1) is 5.82 Å². The van der Waals surface area contributed by atoms with E-state index in [0.29, 0.717) is 10.8 Å². The van der Waals surface area contributed by atoms with Crippen molar-refractivity contribution in [1.29, 1.82) is 0 Å². The molecule has 1 aliphatic rings. The molecule has 0 aromatic carbocycles. The number of aromatic amines is 1. The van der Waals surface area contributed by atoms with E-state index >= 15 is 0 Å². The number of H-pyrrole nitrogens is 1. The second kappa shape index (κ2) is 5.91. The van der Waals surface area contributed by atoms with Crippen LogP contribution in [-0.4, -0.2) is 53.9 Å². The van der Waals surface area contributed by atoms with Gasteiger partial charge >= 0.3 is 13.3 Å². The fourth-order valence-corrected chi connectivity index (χ4v) is 2.34. The molecule has 23 heavy (non-hydrogen) atoms. The van der Waals surface area contributed by atoms with Gasteiger partial charge < -0.3 is 29.5 Å². The minimum Gasteiger partial charge on any atom is -0.385 e. The maximum Gasteiger partial charge on any atom is 0.351 e. The fraction of sp³-hybridized carbons (Fsp3) is 0.600. The normalized spacial score (nSPS) is 31.5. The maximum absolute atomic E-state index is 13.3. The molecule has 5 N–H and O–H groups in total. The Morgan fingerprint density at radius 2 is 2.13 bits per heavy atom. The van der Waals surface area contributed by atoms with Crippen molar-refractivity contribution in [2.24, 2.45) is 0 Å². The molecule has 0 aliphatic carbocycles. The van der Waals surface area contributed by atoms with Gasteiger partial charge in [-0.05, 0) is 6.92 Å². The molecule has 4 atom stereocenters. The number of hydrogen-bond acceptors (Lipinski definition) is 7. The number of aromatic nitrogens is 2. The monoisotopic (exact) mass is 356 g/mol. The highest BCUT2D eigenvalue weighted by Gasteiger charge is 2.54. The average Bonchev–Trinajstić information content (AvgIpc) is 2.63. The summed E-state index contributed by atoms with van der Waals surface area (Å²) in [5, 5.41) is 20.2. The Hall–Kier alpha value is -1.40. The molecule has 1 aromatic heterocycles. The molecule has 0 radical (unpaired) electrons. The van der Waals surface area contributed by atoms with Gasteiger partial charge in [-0.2, -0.15) is 4.39 Å². The third-order valence-corrected chi connectivity index (χ3v) is 3.69. The standard InChI is InChI=1S/C10H14FN2O9P/c1-10(17)5(14)7(22-8(10)21-3-23(18,19)20)13-2-4(11)6(15)12-9(13)16/h2,5,7-8,14,17H,3H2,1H3,(H,12,15,16)(H2,18,19,20)/t5-,7+,8-,10-/m0/s1. The van der Waals surface area contributed by atoms with E-state index in [4.69, 9.17) is 19.3 Å². The average molecular weight is 356 g/mol. The van der Waals surface area contributed by atoms with Crippen LogP contribution in [0.4, 0.5) is 4.39 Å². The van der Waals surface area contributed by atoms with Gasteiger partial charge in [-0.3, -0.25) is 18.9 Å². The third kappa shape index (κ3) is 3.58. The zero-order chi connectivity index (χ0) is 17.6. The zero-order valence-electron chi connectivity index (χ0n) is 11.6. The number of rotatable bonds is 4. The van der Waals surface area contributed by atoms with E-state index in [1.165, 1.54) is 0 Å². The van der Waals surface area contributed by atoms with E-state index in [9.17, 15) is 28.8 Å². The predicted molar refractivity (Wildman–Crippen MR) is 69.8 cm³/mol. The molecule has 130 valence electrons. The number of nitrogens with one attached hydrogen (secondary N) is 1. The van der Waals surface area contributed by atoms with Crippen molar-refractivity contribution >= 4 is 7.60 Å². The Morgan fingerprint density at radius 3 is 2.70 bits per heavy atom. The molecule has 13 heteroatoms. The summed E-state index contributed by atoms with van der Waals surface area (Å²) < 4.78 is 34.3. The topological polar surface area (TPSA) is 171 Å². The van der Waals surface area contributed by atoms with Crippen LogP contribution in [0.1, 0.15) is 13.2 Å². The zero-order valence-corrected chi connectivity index (χ0v) is 12.5. The summed E-state index contributed by atoms with van der Waals surface area (Å²) in [6.07, 6.45) is -5.81. The van der Waals surface area contributed by atoms with Crippen LogP contribution < -0.4 is 11.2 Å². The molecule has 2 rings (SSSR count). The van der Waals surface area contributed by atoms with Crippen LogP contribution in [0.3, 0.4) is 0 Å². The van der Waals surface area contributed by atoms with Crippen molar-refractivity contribution in [2.75, 3.05) is 6.35 Å². The highest BCUT2D eigenvalue weighted by Crippen LogP contribution is 2.40. The first-order valence-electron chi connectivity index (χ1n) is 6.16. The second-order valence-electron chi connectivity index (χ2n) is 5.13. The molecule has 0 saturated carbocycles. The third-order valence-electron chi connectivity index (χ3n) is 3.20. The number of nitrogens with zero attached hydrogens (tertiary/aromatic N) is 1. The van der Waals surface area contributed by atoms with Gasteiger partial charge in [-0.1, -0.05) is 0 Å². The molecule has 0 spiro atoms. The molecule has 11 nitrogen and oxygen atoms in total. The Bertz CT molecular complexity index is 753. The molecule has 2 heterocycles. The fourth-order valence-electron chi connectivity index (χ4n) is 2.01. The van der Waals surface area contributed by atoms with Crippen LogP contribution >= 0.6 is 7.60 Å². The van der Waals surface area contributed by atoms with Crippen LogP contribution in [0.2, 0.25) is 0 Å². The first-order chi connectivity index (χ1) is 10.4. The Kier molecular flexibility index (Phi) is 4.61. The van der Waals surface area contributed by atoms with E-state index in [1.807, 2.05) is 0 Å². The number of halogens is 1. The summed E-state index contributed by atoms with van der Waals surface area (Å²) in [4.78, 5) is 41.8. The quantitative estimate of drug-likeness (QED) is 0.375. The molecule has 1 aromatic rings. The molecule has 1 aliphatic heterocycles. The van der Waals surface area contributed by atoms with Crippen molar-refractivity contribution in [2.45, 2.75) is 31.1 Å². The maximum atomic E-state index is 13.3. The summed E-state index contributed by atoms with van der Waals surface area (Å²) in [7, 11) is -4.58. The van der Waals surface area contributed by atoms with Crippen LogP contribution in [-0.2, 0) is 14.0 Å².